The molecule has 6 nitrogen and oxygen atoms in total. The summed E-state index contributed by atoms with van der Waals surface area (Å²) in [4.78, 5) is 22.0. The summed E-state index contributed by atoms with van der Waals surface area (Å²) in [5.41, 5.74) is 10.8. The van der Waals surface area contributed by atoms with Crippen molar-refractivity contribution in [3.8, 4) is 0 Å². The van der Waals surface area contributed by atoms with Crippen LogP contribution in [-0.2, 0) is 9.59 Å². The third-order valence-electron chi connectivity index (χ3n) is 1.91. The number of hydrogen-bond donors (Lipinski definition) is 4. The average Bonchev–Trinajstić information content (AvgIpc) is 2.11. The summed E-state index contributed by atoms with van der Waals surface area (Å²) in [6, 6.07) is -1.74. The van der Waals surface area contributed by atoms with Crippen LogP contribution in [-0.4, -0.2) is 35.6 Å². The van der Waals surface area contributed by atoms with Crippen LogP contribution < -0.4 is 16.8 Å². The molecule has 0 aromatic carbocycles. The van der Waals surface area contributed by atoms with E-state index in [9.17, 15) is 9.59 Å². The molecular formula is C9H19N3O3. The fraction of sp³-hybridized carbons (Fsp3) is 0.778. The van der Waals surface area contributed by atoms with E-state index in [2.05, 4.69) is 5.32 Å². The van der Waals surface area contributed by atoms with Gasteiger partial charge in [-0.2, -0.15) is 0 Å². The van der Waals surface area contributed by atoms with E-state index in [-0.39, 0.29) is 12.5 Å². The van der Waals surface area contributed by atoms with Gasteiger partial charge in [-0.05, 0) is 12.3 Å². The Morgan fingerprint density at radius 3 is 2.27 bits per heavy atom. The monoisotopic (exact) mass is 217 g/mol. The predicted octanol–water partition coefficient (Wildman–Crippen LogP) is -1.11. The number of nitrogens with two attached hydrogens (primary N) is 2. The number of rotatable bonds is 6. The van der Waals surface area contributed by atoms with E-state index in [1.54, 1.807) is 0 Å². The van der Waals surface area contributed by atoms with Crippen molar-refractivity contribution in [3.63, 3.8) is 0 Å². The number of aliphatic carboxylic acids is 1. The Labute approximate surface area is 89.0 Å². The van der Waals surface area contributed by atoms with Crippen molar-refractivity contribution in [2.75, 3.05) is 6.54 Å². The van der Waals surface area contributed by atoms with E-state index in [0.717, 1.165) is 0 Å². The van der Waals surface area contributed by atoms with E-state index in [0.29, 0.717) is 6.42 Å². The van der Waals surface area contributed by atoms with Crippen LogP contribution in [0.15, 0.2) is 0 Å². The van der Waals surface area contributed by atoms with Crippen LogP contribution >= 0.6 is 0 Å². The molecule has 0 spiro atoms. The molecule has 6 N–H and O–H groups in total. The van der Waals surface area contributed by atoms with Gasteiger partial charge in [0.05, 0.1) is 6.04 Å². The van der Waals surface area contributed by atoms with Gasteiger partial charge in [-0.25, -0.2) is 4.79 Å². The zero-order valence-electron chi connectivity index (χ0n) is 9.06. The van der Waals surface area contributed by atoms with Gasteiger partial charge in [0.25, 0.3) is 0 Å². The van der Waals surface area contributed by atoms with Crippen LogP contribution in [0.1, 0.15) is 20.3 Å². The Morgan fingerprint density at radius 1 is 1.40 bits per heavy atom. The number of carboxylic acid groups (broad SMARTS) is 1. The van der Waals surface area contributed by atoms with E-state index in [1.807, 2.05) is 13.8 Å². The summed E-state index contributed by atoms with van der Waals surface area (Å²) in [7, 11) is 0. The van der Waals surface area contributed by atoms with Gasteiger partial charge in [-0.15, -0.1) is 0 Å². The average molecular weight is 217 g/mol. The largest absolute Gasteiger partial charge is 0.480 e. The van der Waals surface area contributed by atoms with Crippen LogP contribution in [0.5, 0.6) is 0 Å². The quantitative estimate of drug-likeness (QED) is 0.450. The minimum absolute atomic E-state index is 0.143. The maximum atomic E-state index is 11.4. The third kappa shape index (κ3) is 5.34. The van der Waals surface area contributed by atoms with Crippen molar-refractivity contribution in [1.29, 1.82) is 0 Å². The van der Waals surface area contributed by atoms with Gasteiger partial charge in [0.1, 0.15) is 6.04 Å². The lowest BCUT2D eigenvalue weighted by molar-refractivity contribution is -0.141. The summed E-state index contributed by atoms with van der Waals surface area (Å²) >= 11 is 0. The molecular weight excluding hydrogens is 198 g/mol. The first-order valence-corrected chi connectivity index (χ1v) is 4.87. The second-order valence-electron chi connectivity index (χ2n) is 3.87. The lowest BCUT2D eigenvalue weighted by Gasteiger charge is -2.17. The second-order valence-corrected chi connectivity index (χ2v) is 3.87. The molecule has 0 radical (unpaired) electrons. The molecule has 2 atom stereocenters. The summed E-state index contributed by atoms with van der Waals surface area (Å²) in [6.45, 7) is 3.73. The summed E-state index contributed by atoms with van der Waals surface area (Å²) in [5, 5.41) is 10.9. The van der Waals surface area contributed by atoms with Crippen LogP contribution in [0.25, 0.3) is 0 Å². The van der Waals surface area contributed by atoms with E-state index in [4.69, 9.17) is 16.6 Å². The summed E-state index contributed by atoms with van der Waals surface area (Å²) < 4.78 is 0. The smallest absolute Gasteiger partial charge is 0.327 e. The fourth-order valence-corrected chi connectivity index (χ4v) is 1.12. The first-order valence-electron chi connectivity index (χ1n) is 4.87. The molecule has 6 heteroatoms. The molecule has 0 aliphatic heterocycles. The molecule has 0 aromatic heterocycles. The fourth-order valence-electron chi connectivity index (χ4n) is 1.12. The molecule has 0 saturated heterocycles. The molecule has 88 valence electrons. The summed E-state index contributed by atoms with van der Waals surface area (Å²) in [6.07, 6.45) is 0.517. The number of carboxylic acids is 1. The Hall–Kier alpha value is -1.14. The van der Waals surface area contributed by atoms with Crippen molar-refractivity contribution in [3.05, 3.63) is 0 Å². The number of carbonyl (C=O) groups excluding carboxylic acids is 1. The van der Waals surface area contributed by atoms with E-state index < -0.39 is 24.0 Å². The maximum absolute atomic E-state index is 11.4. The van der Waals surface area contributed by atoms with Crippen molar-refractivity contribution < 1.29 is 14.7 Å². The number of nitrogens with one attached hydrogen (secondary N) is 1. The van der Waals surface area contributed by atoms with Gasteiger partial charge in [0.2, 0.25) is 5.91 Å². The first kappa shape index (κ1) is 13.9. The number of hydrogen-bond acceptors (Lipinski definition) is 4. The molecule has 0 saturated carbocycles. The topological polar surface area (TPSA) is 118 Å². The molecule has 0 aliphatic carbocycles. The first-order chi connectivity index (χ1) is 6.88. The molecule has 15 heavy (non-hydrogen) atoms. The second kappa shape index (κ2) is 6.36. The van der Waals surface area contributed by atoms with Crippen molar-refractivity contribution >= 4 is 11.9 Å². The predicted molar refractivity (Wildman–Crippen MR) is 56.1 cm³/mol. The highest BCUT2D eigenvalue weighted by atomic mass is 16.4. The normalized spacial score (nSPS) is 14.7. The molecule has 0 bridgehead atoms. The van der Waals surface area contributed by atoms with Crippen molar-refractivity contribution in [2.45, 2.75) is 32.4 Å². The lowest BCUT2D eigenvalue weighted by Crippen LogP contribution is -2.51. The molecule has 0 aliphatic rings. The lowest BCUT2D eigenvalue weighted by atomic mass is 10.0. The van der Waals surface area contributed by atoms with Gasteiger partial charge in [-0.1, -0.05) is 13.8 Å². The van der Waals surface area contributed by atoms with Crippen molar-refractivity contribution in [1.82, 2.24) is 5.32 Å². The SMILES string of the molecule is CC(C)C[C@H](N)C(=O)N[C@@H](CN)C(=O)O. The number of amides is 1. The van der Waals surface area contributed by atoms with Gasteiger partial charge in [0.15, 0.2) is 0 Å². The molecule has 0 aromatic rings. The number of carbonyl (C=O) groups is 2. The Morgan fingerprint density at radius 2 is 1.93 bits per heavy atom. The third-order valence-corrected chi connectivity index (χ3v) is 1.91. The van der Waals surface area contributed by atoms with Crippen LogP contribution in [0, 0.1) is 5.92 Å². The maximum Gasteiger partial charge on any atom is 0.327 e. The van der Waals surface area contributed by atoms with Gasteiger partial charge in [0, 0.05) is 6.54 Å². The highest BCUT2D eigenvalue weighted by Gasteiger charge is 2.22. The van der Waals surface area contributed by atoms with Gasteiger partial charge < -0.3 is 21.9 Å². The Bertz CT molecular complexity index is 231. The highest BCUT2D eigenvalue weighted by Crippen LogP contribution is 2.02. The van der Waals surface area contributed by atoms with Crippen LogP contribution in [0.2, 0.25) is 0 Å². The Balaban J connectivity index is 4.16. The van der Waals surface area contributed by atoms with Crippen LogP contribution in [0.4, 0.5) is 0 Å². The van der Waals surface area contributed by atoms with Gasteiger partial charge in [-0.3, -0.25) is 4.79 Å². The highest BCUT2D eigenvalue weighted by molar-refractivity contribution is 5.86. The van der Waals surface area contributed by atoms with E-state index in [1.165, 1.54) is 0 Å². The van der Waals surface area contributed by atoms with Crippen molar-refractivity contribution in [2.24, 2.45) is 17.4 Å². The van der Waals surface area contributed by atoms with Gasteiger partial charge >= 0.3 is 5.97 Å². The minimum atomic E-state index is -1.15. The zero-order chi connectivity index (χ0) is 12.0. The van der Waals surface area contributed by atoms with E-state index >= 15 is 0 Å². The van der Waals surface area contributed by atoms with Crippen LogP contribution in [0.3, 0.4) is 0 Å². The summed E-state index contributed by atoms with van der Waals surface area (Å²) in [5.74, 6) is -1.34. The molecule has 1 amide bonds. The zero-order valence-corrected chi connectivity index (χ0v) is 9.06. The molecule has 0 fully saturated rings. The molecule has 0 unspecified atom stereocenters. The minimum Gasteiger partial charge on any atom is -0.480 e. The molecule has 0 heterocycles. The standard InChI is InChI=1S/C9H19N3O3/c1-5(2)3-6(11)8(13)12-7(4-10)9(14)15/h5-7H,3-4,10-11H2,1-2H3,(H,12,13)(H,14,15)/t6-,7-/m0/s1. The molecule has 0 rings (SSSR count). The Kier molecular flexibility index (Phi) is 5.88.